The van der Waals surface area contributed by atoms with Crippen molar-refractivity contribution in [2.45, 2.75) is 19.4 Å². The van der Waals surface area contributed by atoms with Crippen LogP contribution in [0.15, 0.2) is 48.5 Å². The molecule has 1 N–H and O–H groups in total. The molecule has 1 amide bonds. The van der Waals surface area contributed by atoms with Gasteiger partial charge in [-0.1, -0.05) is 35.9 Å². The Bertz CT molecular complexity index is 730. The summed E-state index contributed by atoms with van der Waals surface area (Å²) in [5.41, 5.74) is 1.19. The number of methoxy groups -OCH3 is 1. The van der Waals surface area contributed by atoms with Crippen LogP contribution in [0.1, 0.15) is 22.8 Å². The molecule has 0 aromatic heterocycles. The number of nitrogens with one attached hydrogen (secondary N) is 1. The van der Waals surface area contributed by atoms with Gasteiger partial charge in [0.1, 0.15) is 11.8 Å². The van der Waals surface area contributed by atoms with Crippen LogP contribution in [0.4, 0.5) is 0 Å². The van der Waals surface area contributed by atoms with Crippen molar-refractivity contribution in [1.29, 1.82) is 0 Å². The third kappa shape index (κ3) is 5.22. The summed E-state index contributed by atoms with van der Waals surface area (Å²) in [5.74, 6) is -0.188. The molecule has 0 spiro atoms. The number of amides is 1. The van der Waals surface area contributed by atoms with E-state index in [2.05, 4.69) is 5.32 Å². The summed E-state index contributed by atoms with van der Waals surface area (Å²) in [6.07, 6.45) is 0.305. The van der Waals surface area contributed by atoms with Gasteiger partial charge in [0.05, 0.1) is 24.3 Å². The van der Waals surface area contributed by atoms with Crippen molar-refractivity contribution >= 4 is 23.5 Å². The highest BCUT2D eigenvalue weighted by molar-refractivity contribution is 6.33. The van der Waals surface area contributed by atoms with E-state index in [1.54, 1.807) is 50.4 Å². The Morgan fingerprint density at radius 1 is 1.12 bits per heavy atom. The van der Waals surface area contributed by atoms with Crippen LogP contribution in [0, 0.1) is 0 Å². The molecular formula is C19H20ClNO4. The van der Waals surface area contributed by atoms with Crippen LogP contribution in [0.2, 0.25) is 5.02 Å². The molecule has 2 aromatic carbocycles. The molecule has 1 unspecified atom stereocenters. The number of halogens is 1. The first-order valence-corrected chi connectivity index (χ1v) is 8.28. The average molecular weight is 362 g/mol. The molecule has 0 aliphatic heterocycles. The maximum atomic E-state index is 12.5. The molecular weight excluding hydrogens is 342 g/mol. The monoisotopic (exact) mass is 361 g/mol. The molecule has 25 heavy (non-hydrogen) atoms. The molecule has 0 heterocycles. The van der Waals surface area contributed by atoms with Crippen LogP contribution in [0.3, 0.4) is 0 Å². The first-order valence-electron chi connectivity index (χ1n) is 7.90. The van der Waals surface area contributed by atoms with Crippen molar-refractivity contribution in [2.75, 3.05) is 13.7 Å². The molecule has 132 valence electrons. The number of hydrogen-bond acceptors (Lipinski definition) is 4. The van der Waals surface area contributed by atoms with Crippen LogP contribution < -0.4 is 10.1 Å². The smallest absolute Gasteiger partial charge is 0.328 e. The van der Waals surface area contributed by atoms with E-state index in [4.69, 9.17) is 21.1 Å². The Kier molecular flexibility index (Phi) is 6.83. The van der Waals surface area contributed by atoms with E-state index in [1.165, 1.54) is 0 Å². The second-order valence-corrected chi connectivity index (χ2v) is 5.72. The topological polar surface area (TPSA) is 64.6 Å². The highest BCUT2D eigenvalue weighted by Gasteiger charge is 2.24. The van der Waals surface area contributed by atoms with Crippen molar-refractivity contribution in [3.05, 3.63) is 64.7 Å². The highest BCUT2D eigenvalue weighted by Crippen LogP contribution is 2.16. The number of esters is 1. The summed E-state index contributed by atoms with van der Waals surface area (Å²) in [6.45, 7) is 1.96. The second kappa shape index (κ2) is 9.08. The van der Waals surface area contributed by atoms with Crippen molar-refractivity contribution < 1.29 is 19.1 Å². The van der Waals surface area contributed by atoms with Gasteiger partial charge >= 0.3 is 5.97 Å². The molecule has 0 radical (unpaired) electrons. The van der Waals surface area contributed by atoms with Gasteiger partial charge in [0.2, 0.25) is 0 Å². The van der Waals surface area contributed by atoms with E-state index in [-0.39, 0.29) is 6.61 Å². The zero-order valence-corrected chi connectivity index (χ0v) is 14.9. The lowest BCUT2D eigenvalue weighted by atomic mass is 10.0. The number of carbonyl (C=O) groups excluding carboxylic acids is 2. The molecule has 0 fully saturated rings. The van der Waals surface area contributed by atoms with Gasteiger partial charge in [0.15, 0.2) is 0 Å². The minimum absolute atomic E-state index is 0.236. The van der Waals surface area contributed by atoms with Gasteiger partial charge in [-0.25, -0.2) is 4.79 Å². The number of benzene rings is 2. The van der Waals surface area contributed by atoms with Crippen molar-refractivity contribution in [2.24, 2.45) is 0 Å². The Morgan fingerprint density at radius 3 is 2.40 bits per heavy atom. The summed E-state index contributed by atoms with van der Waals surface area (Å²) in [4.78, 5) is 24.7. The number of ether oxygens (including phenoxy) is 2. The van der Waals surface area contributed by atoms with Gasteiger partial charge in [0, 0.05) is 6.42 Å². The molecule has 0 aliphatic carbocycles. The lowest BCUT2D eigenvalue weighted by molar-refractivity contribution is -0.145. The lowest BCUT2D eigenvalue weighted by Crippen LogP contribution is -2.43. The van der Waals surface area contributed by atoms with Crippen molar-refractivity contribution in [3.63, 3.8) is 0 Å². The standard InChI is InChI=1S/C19H20ClNO4/c1-3-25-19(23)17(12-13-8-10-14(24-2)11-9-13)21-18(22)15-6-4-5-7-16(15)20/h4-11,17H,3,12H2,1-2H3,(H,21,22). The first-order chi connectivity index (χ1) is 12.0. The number of carbonyl (C=O) groups is 2. The third-order valence-corrected chi connectivity index (χ3v) is 3.92. The van der Waals surface area contributed by atoms with E-state index in [0.717, 1.165) is 11.3 Å². The fourth-order valence-electron chi connectivity index (χ4n) is 2.31. The summed E-state index contributed by atoms with van der Waals surface area (Å²) < 4.78 is 10.2. The summed E-state index contributed by atoms with van der Waals surface area (Å²) >= 11 is 6.05. The lowest BCUT2D eigenvalue weighted by Gasteiger charge is -2.18. The van der Waals surface area contributed by atoms with Gasteiger partial charge in [-0.2, -0.15) is 0 Å². The molecule has 0 saturated heterocycles. The van der Waals surface area contributed by atoms with Crippen LogP contribution in [-0.4, -0.2) is 31.6 Å². The zero-order chi connectivity index (χ0) is 18.2. The largest absolute Gasteiger partial charge is 0.497 e. The Hall–Kier alpha value is -2.53. The van der Waals surface area contributed by atoms with Crippen LogP contribution in [0.25, 0.3) is 0 Å². The molecule has 6 heteroatoms. The Balaban J connectivity index is 2.16. The molecule has 0 bridgehead atoms. The van der Waals surface area contributed by atoms with Gasteiger partial charge in [-0.3, -0.25) is 4.79 Å². The fourth-order valence-corrected chi connectivity index (χ4v) is 2.54. The second-order valence-electron chi connectivity index (χ2n) is 5.31. The van der Waals surface area contributed by atoms with Crippen molar-refractivity contribution in [1.82, 2.24) is 5.32 Å². The molecule has 2 aromatic rings. The number of hydrogen-bond donors (Lipinski definition) is 1. The van der Waals surface area contributed by atoms with Crippen LogP contribution in [0.5, 0.6) is 5.75 Å². The zero-order valence-electron chi connectivity index (χ0n) is 14.1. The summed E-state index contributed by atoms with van der Waals surface area (Å²) in [7, 11) is 1.58. The van der Waals surface area contributed by atoms with E-state index in [1.807, 2.05) is 12.1 Å². The highest BCUT2D eigenvalue weighted by atomic mass is 35.5. The SMILES string of the molecule is CCOC(=O)C(Cc1ccc(OC)cc1)NC(=O)c1ccccc1Cl. The molecule has 0 aliphatic rings. The van der Waals surface area contributed by atoms with Crippen LogP contribution >= 0.6 is 11.6 Å². The van der Waals surface area contributed by atoms with Gasteiger partial charge in [-0.15, -0.1) is 0 Å². The normalized spacial score (nSPS) is 11.5. The third-order valence-electron chi connectivity index (χ3n) is 3.59. The van der Waals surface area contributed by atoms with E-state index >= 15 is 0 Å². The van der Waals surface area contributed by atoms with Gasteiger partial charge in [-0.05, 0) is 36.8 Å². The van der Waals surface area contributed by atoms with Crippen molar-refractivity contribution in [3.8, 4) is 5.75 Å². The molecule has 5 nitrogen and oxygen atoms in total. The maximum Gasteiger partial charge on any atom is 0.328 e. The van der Waals surface area contributed by atoms with E-state index < -0.39 is 17.9 Å². The number of rotatable bonds is 7. The van der Waals surface area contributed by atoms with E-state index in [9.17, 15) is 9.59 Å². The minimum atomic E-state index is -0.808. The molecule has 2 rings (SSSR count). The molecule has 0 saturated carbocycles. The maximum absolute atomic E-state index is 12.5. The minimum Gasteiger partial charge on any atom is -0.497 e. The Labute approximate surface area is 151 Å². The summed E-state index contributed by atoms with van der Waals surface area (Å²) in [5, 5.41) is 3.03. The molecule has 1 atom stereocenters. The Morgan fingerprint density at radius 2 is 1.80 bits per heavy atom. The quantitative estimate of drug-likeness (QED) is 0.769. The fraction of sp³-hybridized carbons (Fsp3) is 0.263. The van der Waals surface area contributed by atoms with Gasteiger partial charge in [0.25, 0.3) is 5.91 Å². The van der Waals surface area contributed by atoms with Crippen LogP contribution in [-0.2, 0) is 16.0 Å². The van der Waals surface area contributed by atoms with E-state index in [0.29, 0.717) is 17.0 Å². The summed E-state index contributed by atoms with van der Waals surface area (Å²) in [6, 6.07) is 13.1. The average Bonchev–Trinajstić information content (AvgIpc) is 2.62. The predicted octanol–water partition coefficient (Wildman–Crippen LogP) is 3.25. The predicted molar refractivity (Wildman–Crippen MR) is 96.0 cm³/mol. The van der Waals surface area contributed by atoms with Gasteiger partial charge < -0.3 is 14.8 Å². The first kappa shape index (κ1) is 18.8.